The second-order valence-corrected chi connectivity index (χ2v) is 6.84. The van der Waals surface area contributed by atoms with Gasteiger partial charge in [-0.3, -0.25) is 0 Å². The normalized spacial score (nSPS) is 11.2. The van der Waals surface area contributed by atoms with Crippen molar-refractivity contribution in [1.82, 2.24) is 14.8 Å². The van der Waals surface area contributed by atoms with Crippen LogP contribution in [-0.2, 0) is 0 Å². The Kier molecular flexibility index (Phi) is 3.98. The summed E-state index contributed by atoms with van der Waals surface area (Å²) in [6, 6.07) is 17.4. The molecule has 2 aromatic carbocycles. The van der Waals surface area contributed by atoms with Gasteiger partial charge in [0.2, 0.25) is 0 Å². The first-order valence-corrected chi connectivity index (χ1v) is 8.68. The molecular weight excluding hydrogens is 353 g/mol. The van der Waals surface area contributed by atoms with Crippen LogP contribution in [0, 0.1) is 13.8 Å². The van der Waals surface area contributed by atoms with E-state index in [1.165, 1.54) is 0 Å². The minimum absolute atomic E-state index is 0.635. The summed E-state index contributed by atoms with van der Waals surface area (Å²) >= 11 is 12.4. The van der Waals surface area contributed by atoms with Crippen molar-refractivity contribution in [3.8, 4) is 16.9 Å². The van der Waals surface area contributed by atoms with Gasteiger partial charge >= 0.3 is 0 Å². The van der Waals surface area contributed by atoms with Crippen molar-refractivity contribution in [2.75, 3.05) is 0 Å². The van der Waals surface area contributed by atoms with Gasteiger partial charge in [0, 0.05) is 16.3 Å². The van der Waals surface area contributed by atoms with Crippen LogP contribution in [0.3, 0.4) is 0 Å². The Balaban J connectivity index is 2.08. The van der Waals surface area contributed by atoms with E-state index in [4.69, 9.17) is 33.3 Å². The highest BCUT2D eigenvalue weighted by atomic mass is 35.5. The first-order valence-electron chi connectivity index (χ1n) is 7.92. The molecule has 0 aliphatic rings. The van der Waals surface area contributed by atoms with Crippen molar-refractivity contribution in [2.24, 2.45) is 0 Å². The third kappa shape index (κ3) is 2.80. The molecule has 0 amide bonds. The Hall–Kier alpha value is -2.36. The smallest absolute Gasteiger partial charge is 0.164 e. The number of para-hydroxylation sites is 1. The molecule has 0 saturated heterocycles. The van der Waals surface area contributed by atoms with Crippen molar-refractivity contribution in [3.05, 3.63) is 75.9 Å². The molecule has 124 valence electrons. The molecule has 0 saturated carbocycles. The van der Waals surface area contributed by atoms with E-state index in [1.807, 2.05) is 60.1 Å². The predicted molar refractivity (Wildman–Crippen MR) is 104 cm³/mol. The lowest BCUT2D eigenvalue weighted by atomic mass is 10.1. The molecule has 25 heavy (non-hydrogen) atoms. The van der Waals surface area contributed by atoms with Crippen LogP contribution >= 0.6 is 23.2 Å². The quantitative estimate of drug-likeness (QED) is 0.434. The summed E-state index contributed by atoms with van der Waals surface area (Å²) in [6.07, 6.45) is 0. The van der Waals surface area contributed by atoms with Crippen molar-refractivity contribution >= 4 is 34.2 Å². The summed E-state index contributed by atoms with van der Waals surface area (Å²) in [6.45, 7) is 4.06. The second kappa shape index (κ2) is 6.17. The third-order valence-electron chi connectivity index (χ3n) is 4.16. The number of hydrogen-bond donors (Lipinski definition) is 0. The zero-order valence-electron chi connectivity index (χ0n) is 13.8. The topological polar surface area (TPSA) is 30.7 Å². The van der Waals surface area contributed by atoms with E-state index in [-0.39, 0.29) is 0 Å². The molecule has 2 heterocycles. The standard InChI is InChI=1S/C20H15Cl2N3/c1-12-11-13(2)23-20-18(12)19(14-7-9-15(21)10-8-14)24-25(20)17-6-4-3-5-16(17)22/h3-11H,1-2H3. The van der Waals surface area contributed by atoms with Crippen molar-refractivity contribution in [2.45, 2.75) is 13.8 Å². The summed E-state index contributed by atoms with van der Waals surface area (Å²) in [4.78, 5) is 4.73. The second-order valence-electron chi connectivity index (χ2n) is 6.00. The monoisotopic (exact) mass is 367 g/mol. The lowest BCUT2D eigenvalue weighted by Crippen LogP contribution is -1.99. The zero-order chi connectivity index (χ0) is 17.6. The fourth-order valence-corrected chi connectivity index (χ4v) is 3.40. The number of pyridine rings is 1. The van der Waals surface area contributed by atoms with Gasteiger partial charge in [-0.25, -0.2) is 9.67 Å². The summed E-state index contributed by atoms with van der Waals surface area (Å²) in [7, 11) is 0. The molecule has 0 radical (unpaired) electrons. The van der Waals surface area contributed by atoms with Crippen LogP contribution in [0.5, 0.6) is 0 Å². The van der Waals surface area contributed by atoms with Crippen LogP contribution in [0.15, 0.2) is 54.6 Å². The summed E-state index contributed by atoms with van der Waals surface area (Å²) in [5, 5.41) is 7.20. The lowest BCUT2D eigenvalue weighted by molar-refractivity contribution is 0.898. The Morgan fingerprint density at radius 1 is 0.920 bits per heavy atom. The van der Waals surface area contributed by atoms with Gasteiger partial charge in [-0.1, -0.05) is 47.5 Å². The molecule has 4 rings (SSSR count). The molecule has 0 atom stereocenters. The van der Waals surface area contributed by atoms with Gasteiger partial charge in [0.25, 0.3) is 0 Å². The van der Waals surface area contributed by atoms with Gasteiger partial charge in [0.1, 0.15) is 5.69 Å². The molecule has 3 nitrogen and oxygen atoms in total. The van der Waals surface area contributed by atoms with Crippen LogP contribution < -0.4 is 0 Å². The lowest BCUT2D eigenvalue weighted by Gasteiger charge is -2.06. The fourth-order valence-electron chi connectivity index (χ4n) is 3.06. The van der Waals surface area contributed by atoms with E-state index in [0.717, 1.165) is 39.2 Å². The average Bonchev–Trinajstić information content (AvgIpc) is 2.95. The number of aryl methyl sites for hydroxylation is 2. The van der Waals surface area contributed by atoms with E-state index in [9.17, 15) is 0 Å². The molecule has 0 aliphatic carbocycles. The Morgan fingerprint density at radius 3 is 2.36 bits per heavy atom. The highest BCUT2D eigenvalue weighted by Gasteiger charge is 2.18. The van der Waals surface area contributed by atoms with Gasteiger partial charge in [0.05, 0.1) is 16.1 Å². The van der Waals surface area contributed by atoms with Crippen molar-refractivity contribution in [3.63, 3.8) is 0 Å². The molecule has 0 aliphatic heterocycles. The highest BCUT2D eigenvalue weighted by molar-refractivity contribution is 6.32. The van der Waals surface area contributed by atoms with Crippen molar-refractivity contribution in [1.29, 1.82) is 0 Å². The van der Waals surface area contributed by atoms with E-state index >= 15 is 0 Å². The fraction of sp³-hybridized carbons (Fsp3) is 0.100. The molecule has 0 N–H and O–H groups in total. The summed E-state index contributed by atoms with van der Waals surface area (Å²) in [5.41, 5.74) is 5.56. The van der Waals surface area contributed by atoms with Crippen LogP contribution in [0.25, 0.3) is 28.0 Å². The number of hydrogen-bond acceptors (Lipinski definition) is 2. The summed E-state index contributed by atoms with van der Waals surface area (Å²) < 4.78 is 1.82. The largest absolute Gasteiger partial charge is 0.233 e. The maximum absolute atomic E-state index is 6.41. The number of aromatic nitrogens is 3. The van der Waals surface area contributed by atoms with E-state index in [1.54, 1.807) is 0 Å². The molecule has 2 aromatic heterocycles. The van der Waals surface area contributed by atoms with Gasteiger partial charge in [0.15, 0.2) is 5.65 Å². The molecule has 0 spiro atoms. The molecule has 0 fully saturated rings. The number of benzene rings is 2. The van der Waals surface area contributed by atoms with Crippen LogP contribution in [-0.4, -0.2) is 14.8 Å². The Bertz CT molecular complexity index is 1080. The number of nitrogens with zero attached hydrogens (tertiary/aromatic N) is 3. The number of halogens is 2. The maximum Gasteiger partial charge on any atom is 0.164 e. The van der Waals surface area contributed by atoms with Gasteiger partial charge in [-0.2, -0.15) is 5.10 Å². The number of rotatable bonds is 2. The van der Waals surface area contributed by atoms with E-state index in [0.29, 0.717) is 10.0 Å². The van der Waals surface area contributed by atoms with Gasteiger partial charge < -0.3 is 0 Å². The molecule has 0 unspecified atom stereocenters. The highest BCUT2D eigenvalue weighted by Crippen LogP contribution is 2.33. The van der Waals surface area contributed by atoms with Gasteiger partial charge in [-0.15, -0.1) is 0 Å². The van der Waals surface area contributed by atoms with E-state index in [2.05, 4.69) is 13.0 Å². The van der Waals surface area contributed by atoms with E-state index < -0.39 is 0 Å². The predicted octanol–water partition coefficient (Wildman–Crippen LogP) is 6.01. The first-order chi connectivity index (χ1) is 12.0. The SMILES string of the molecule is Cc1cc(C)c2c(-c3ccc(Cl)cc3)nn(-c3ccccc3Cl)c2n1. The van der Waals surface area contributed by atoms with Crippen LogP contribution in [0.4, 0.5) is 0 Å². The maximum atomic E-state index is 6.41. The minimum atomic E-state index is 0.635. The molecule has 4 aromatic rings. The van der Waals surface area contributed by atoms with Gasteiger partial charge in [-0.05, 0) is 49.7 Å². The molecule has 0 bridgehead atoms. The molecular formula is C20H15Cl2N3. The third-order valence-corrected chi connectivity index (χ3v) is 4.73. The minimum Gasteiger partial charge on any atom is -0.233 e. The van der Waals surface area contributed by atoms with Crippen LogP contribution in [0.2, 0.25) is 10.0 Å². The Labute approximate surface area is 155 Å². The Morgan fingerprint density at radius 2 is 1.64 bits per heavy atom. The first kappa shape index (κ1) is 16.1. The van der Waals surface area contributed by atoms with Crippen molar-refractivity contribution < 1.29 is 0 Å². The average molecular weight is 368 g/mol. The van der Waals surface area contributed by atoms with Crippen LogP contribution in [0.1, 0.15) is 11.3 Å². The number of fused-ring (bicyclic) bond motifs is 1. The summed E-state index contributed by atoms with van der Waals surface area (Å²) in [5.74, 6) is 0. The zero-order valence-corrected chi connectivity index (χ0v) is 15.3. The molecule has 5 heteroatoms.